The molecule has 2 atom stereocenters. The third kappa shape index (κ3) is 2.17. The molecule has 0 spiro atoms. The zero-order valence-electron chi connectivity index (χ0n) is 6.68. The van der Waals surface area contributed by atoms with Crippen molar-refractivity contribution in [1.29, 1.82) is 0 Å². The molecule has 0 aromatic heterocycles. The number of thioether (sulfide) groups is 1. The van der Waals surface area contributed by atoms with Crippen molar-refractivity contribution in [3.63, 3.8) is 0 Å². The van der Waals surface area contributed by atoms with Crippen LogP contribution < -0.4 is 5.73 Å². The maximum Gasteiger partial charge on any atom is 0.00828 e. The molecule has 0 aromatic carbocycles. The minimum absolute atomic E-state index is 0.501. The van der Waals surface area contributed by atoms with E-state index in [0.717, 1.165) is 5.92 Å². The Morgan fingerprint density at radius 2 is 2.40 bits per heavy atom. The average Bonchev–Trinajstić information content (AvgIpc) is 1.94. The maximum absolute atomic E-state index is 5.95. The van der Waals surface area contributed by atoms with Gasteiger partial charge in [0.2, 0.25) is 0 Å². The highest BCUT2D eigenvalue weighted by Crippen LogP contribution is 2.24. The van der Waals surface area contributed by atoms with Gasteiger partial charge in [0.25, 0.3) is 0 Å². The molecule has 2 heteroatoms. The molecular formula is C8H17NS. The van der Waals surface area contributed by atoms with Gasteiger partial charge in [-0.25, -0.2) is 0 Å². The Bertz CT molecular complexity index is 93.3. The highest BCUT2D eigenvalue weighted by molar-refractivity contribution is 7.99. The fourth-order valence-electron chi connectivity index (χ4n) is 1.48. The highest BCUT2D eigenvalue weighted by atomic mass is 32.2. The van der Waals surface area contributed by atoms with E-state index in [4.69, 9.17) is 5.73 Å². The summed E-state index contributed by atoms with van der Waals surface area (Å²) in [6.45, 7) is 2.24. The summed E-state index contributed by atoms with van der Waals surface area (Å²) in [6, 6.07) is 0.501. The molecule has 2 unspecified atom stereocenters. The first-order chi connectivity index (χ1) is 4.84. The third-order valence-corrected chi connectivity index (χ3v) is 3.38. The Morgan fingerprint density at radius 1 is 1.60 bits per heavy atom. The minimum atomic E-state index is 0.501. The quantitative estimate of drug-likeness (QED) is 0.665. The van der Waals surface area contributed by atoms with Crippen LogP contribution >= 0.6 is 11.8 Å². The van der Waals surface area contributed by atoms with Crippen LogP contribution in [-0.2, 0) is 0 Å². The lowest BCUT2D eigenvalue weighted by Crippen LogP contribution is -2.35. The molecule has 1 fully saturated rings. The van der Waals surface area contributed by atoms with E-state index in [1.165, 1.54) is 30.8 Å². The molecule has 1 heterocycles. The van der Waals surface area contributed by atoms with Crippen molar-refractivity contribution in [2.45, 2.75) is 32.2 Å². The van der Waals surface area contributed by atoms with Crippen molar-refractivity contribution in [3.05, 3.63) is 0 Å². The second-order valence-corrected chi connectivity index (χ2v) is 4.23. The van der Waals surface area contributed by atoms with Crippen LogP contribution in [0, 0.1) is 5.92 Å². The van der Waals surface area contributed by atoms with Gasteiger partial charge in [-0.05, 0) is 30.3 Å². The molecule has 0 aliphatic carbocycles. The maximum atomic E-state index is 5.95. The van der Waals surface area contributed by atoms with Crippen molar-refractivity contribution >= 4 is 11.8 Å². The predicted molar refractivity (Wildman–Crippen MR) is 48.3 cm³/mol. The average molecular weight is 159 g/mol. The van der Waals surface area contributed by atoms with Gasteiger partial charge in [-0.1, -0.05) is 13.3 Å². The smallest absolute Gasteiger partial charge is 0.00828 e. The van der Waals surface area contributed by atoms with Crippen LogP contribution in [0.2, 0.25) is 0 Å². The van der Waals surface area contributed by atoms with Crippen LogP contribution in [0.4, 0.5) is 0 Å². The van der Waals surface area contributed by atoms with E-state index in [1.807, 2.05) is 0 Å². The molecule has 1 aliphatic rings. The van der Waals surface area contributed by atoms with Gasteiger partial charge in [0.05, 0.1) is 0 Å². The molecule has 60 valence electrons. The van der Waals surface area contributed by atoms with Gasteiger partial charge >= 0.3 is 0 Å². The van der Waals surface area contributed by atoms with Gasteiger partial charge in [-0.2, -0.15) is 11.8 Å². The zero-order chi connectivity index (χ0) is 7.40. The third-order valence-electron chi connectivity index (χ3n) is 2.19. The molecule has 0 amide bonds. The topological polar surface area (TPSA) is 26.0 Å². The van der Waals surface area contributed by atoms with Gasteiger partial charge in [-0.15, -0.1) is 0 Å². The molecule has 0 bridgehead atoms. The van der Waals surface area contributed by atoms with Crippen LogP contribution in [0.1, 0.15) is 26.2 Å². The summed E-state index contributed by atoms with van der Waals surface area (Å²) in [5, 5.41) is 0. The van der Waals surface area contributed by atoms with E-state index in [1.54, 1.807) is 0 Å². The summed E-state index contributed by atoms with van der Waals surface area (Å²) in [4.78, 5) is 0. The SMILES string of the molecule is CCCC1CSCCC1N. The largest absolute Gasteiger partial charge is 0.327 e. The van der Waals surface area contributed by atoms with Gasteiger partial charge in [0.15, 0.2) is 0 Å². The van der Waals surface area contributed by atoms with Crippen molar-refractivity contribution < 1.29 is 0 Å². The molecule has 2 N–H and O–H groups in total. The van der Waals surface area contributed by atoms with E-state index in [2.05, 4.69) is 18.7 Å². The number of hydrogen-bond acceptors (Lipinski definition) is 2. The highest BCUT2D eigenvalue weighted by Gasteiger charge is 2.20. The molecule has 0 saturated carbocycles. The Morgan fingerprint density at radius 3 is 3.00 bits per heavy atom. The van der Waals surface area contributed by atoms with Crippen LogP contribution in [-0.4, -0.2) is 17.5 Å². The van der Waals surface area contributed by atoms with E-state index < -0.39 is 0 Å². The van der Waals surface area contributed by atoms with Crippen molar-refractivity contribution in [3.8, 4) is 0 Å². The molecule has 0 radical (unpaired) electrons. The normalized spacial score (nSPS) is 34.2. The second-order valence-electron chi connectivity index (χ2n) is 3.08. The second kappa shape index (κ2) is 4.24. The van der Waals surface area contributed by atoms with Crippen LogP contribution in [0.15, 0.2) is 0 Å². The lowest BCUT2D eigenvalue weighted by atomic mass is 9.95. The van der Waals surface area contributed by atoms with Crippen LogP contribution in [0.25, 0.3) is 0 Å². The fourth-order valence-corrected chi connectivity index (χ4v) is 2.80. The van der Waals surface area contributed by atoms with Crippen molar-refractivity contribution in [1.82, 2.24) is 0 Å². The Balaban J connectivity index is 2.25. The lowest BCUT2D eigenvalue weighted by Gasteiger charge is -2.27. The van der Waals surface area contributed by atoms with Crippen molar-refractivity contribution in [2.75, 3.05) is 11.5 Å². The van der Waals surface area contributed by atoms with Gasteiger partial charge in [0.1, 0.15) is 0 Å². The molecule has 10 heavy (non-hydrogen) atoms. The molecule has 0 aromatic rings. The molecule has 1 rings (SSSR count). The molecular weight excluding hydrogens is 142 g/mol. The molecule has 1 aliphatic heterocycles. The van der Waals surface area contributed by atoms with E-state index in [0.29, 0.717) is 6.04 Å². The summed E-state index contributed by atoms with van der Waals surface area (Å²) in [5.41, 5.74) is 5.95. The van der Waals surface area contributed by atoms with Crippen LogP contribution in [0.3, 0.4) is 0 Å². The van der Waals surface area contributed by atoms with Crippen molar-refractivity contribution in [2.24, 2.45) is 11.7 Å². The minimum Gasteiger partial charge on any atom is -0.327 e. The first kappa shape index (κ1) is 8.41. The summed E-state index contributed by atoms with van der Waals surface area (Å²) in [6.07, 6.45) is 3.85. The van der Waals surface area contributed by atoms with Gasteiger partial charge in [0, 0.05) is 6.04 Å². The Labute approximate surface area is 67.8 Å². The summed E-state index contributed by atoms with van der Waals surface area (Å²) < 4.78 is 0. The Kier molecular flexibility index (Phi) is 3.57. The molecule has 1 saturated heterocycles. The fraction of sp³-hybridized carbons (Fsp3) is 1.00. The first-order valence-electron chi connectivity index (χ1n) is 4.18. The summed E-state index contributed by atoms with van der Waals surface area (Å²) in [5.74, 6) is 3.39. The summed E-state index contributed by atoms with van der Waals surface area (Å²) >= 11 is 2.07. The Hall–Kier alpha value is 0.310. The standard InChI is InChI=1S/C8H17NS/c1-2-3-7-6-10-5-4-8(7)9/h7-8H,2-6,9H2,1H3. The number of hydrogen-bond donors (Lipinski definition) is 1. The predicted octanol–water partition coefficient (Wildman–Crippen LogP) is 1.87. The lowest BCUT2D eigenvalue weighted by molar-refractivity contribution is 0.412. The van der Waals surface area contributed by atoms with Crippen LogP contribution in [0.5, 0.6) is 0 Å². The van der Waals surface area contributed by atoms with Gasteiger partial charge in [-0.3, -0.25) is 0 Å². The number of nitrogens with two attached hydrogens (primary N) is 1. The van der Waals surface area contributed by atoms with E-state index in [-0.39, 0.29) is 0 Å². The van der Waals surface area contributed by atoms with E-state index in [9.17, 15) is 0 Å². The summed E-state index contributed by atoms with van der Waals surface area (Å²) in [7, 11) is 0. The first-order valence-corrected chi connectivity index (χ1v) is 5.33. The zero-order valence-corrected chi connectivity index (χ0v) is 7.49. The monoisotopic (exact) mass is 159 g/mol. The van der Waals surface area contributed by atoms with Gasteiger partial charge < -0.3 is 5.73 Å². The molecule has 1 nitrogen and oxygen atoms in total. The number of rotatable bonds is 2. The van der Waals surface area contributed by atoms with E-state index >= 15 is 0 Å².